The molecule has 2 aliphatic carbocycles. The summed E-state index contributed by atoms with van der Waals surface area (Å²) in [6, 6.07) is 0. The number of fused-ring (bicyclic) bond motifs is 2. The van der Waals surface area contributed by atoms with Gasteiger partial charge in [-0.2, -0.15) is 0 Å². The van der Waals surface area contributed by atoms with Gasteiger partial charge in [0.2, 0.25) is 0 Å². The highest BCUT2D eigenvalue weighted by Gasteiger charge is 2.57. The van der Waals surface area contributed by atoms with Crippen LogP contribution >= 0.6 is 0 Å². The van der Waals surface area contributed by atoms with Crippen LogP contribution in [0.2, 0.25) is 0 Å². The number of hydrogen-bond donors (Lipinski definition) is 3. The third-order valence-corrected chi connectivity index (χ3v) is 4.47. The van der Waals surface area contributed by atoms with Gasteiger partial charge in [-0.05, 0) is 44.4 Å². The van der Waals surface area contributed by atoms with Crippen LogP contribution in [0.3, 0.4) is 0 Å². The Morgan fingerprint density at radius 3 is 2.12 bits per heavy atom. The fourth-order valence-corrected chi connectivity index (χ4v) is 3.62. The van der Waals surface area contributed by atoms with E-state index in [0.717, 1.165) is 19.1 Å². The van der Waals surface area contributed by atoms with Crippen molar-refractivity contribution in [2.75, 3.05) is 0 Å². The maximum atomic E-state index is 10.8. The van der Waals surface area contributed by atoms with Gasteiger partial charge in [0.15, 0.2) is 0 Å². The molecule has 0 aliphatic heterocycles. The summed E-state index contributed by atoms with van der Waals surface area (Å²) >= 11 is 0. The fourth-order valence-electron chi connectivity index (χ4n) is 3.62. The zero-order chi connectivity index (χ0) is 11.9. The van der Waals surface area contributed by atoms with Gasteiger partial charge in [0, 0.05) is 5.92 Å². The molecule has 0 aromatic carbocycles. The van der Waals surface area contributed by atoms with Crippen LogP contribution < -0.4 is 0 Å². The highest BCUT2D eigenvalue weighted by molar-refractivity contribution is 5.54. The predicted octanol–water partition coefficient (Wildman–Crippen LogP) is 0.0943. The Labute approximate surface area is 95.3 Å². The van der Waals surface area contributed by atoms with Crippen molar-refractivity contribution in [3.05, 3.63) is 0 Å². The summed E-state index contributed by atoms with van der Waals surface area (Å²) in [5.74, 6) is -0.0870. The van der Waals surface area contributed by atoms with Crippen molar-refractivity contribution >= 4 is 6.29 Å². The second kappa shape index (κ2) is 4.09. The van der Waals surface area contributed by atoms with E-state index < -0.39 is 17.8 Å². The van der Waals surface area contributed by atoms with Crippen molar-refractivity contribution in [1.29, 1.82) is 0 Å². The second-order valence-corrected chi connectivity index (χ2v) is 5.41. The zero-order valence-electron chi connectivity index (χ0n) is 9.54. The summed E-state index contributed by atoms with van der Waals surface area (Å²) in [6.45, 7) is 1.49. The van der Waals surface area contributed by atoms with Gasteiger partial charge in [0.25, 0.3) is 0 Å². The van der Waals surface area contributed by atoms with Crippen LogP contribution in [-0.2, 0) is 4.79 Å². The summed E-state index contributed by atoms with van der Waals surface area (Å²) in [4.78, 5) is 10.8. The van der Waals surface area contributed by atoms with Crippen molar-refractivity contribution in [1.82, 2.24) is 0 Å². The Balaban J connectivity index is 2.21. The molecule has 0 radical (unpaired) electrons. The third-order valence-electron chi connectivity index (χ3n) is 4.47. The maximum absolute atomic E-state index is 10.8. The van der Waals surface area contributed by atoms with Crippen molar-refractivity contribution in [2.24, 2.45) is 17.8 Å². The van der Waals surface area contributed by atoms with Gasteiger partial charge < -0.3 is 20.1 Å². The molecule has 4 heteroatoms. The zero-order valence-corrected chi connectivity index (χ0v) is 9.54. The summed E-state index contributed by atoms with van der Waals surface area (Å²) in [5, 5.41) is 30.0. The predicted molar refractivity (Wildman–Crippen MR) is 57.6 cm³/mol. The molecule has 2 rings (SSSR count). The van der Waals surface area contributed by atoms with Gasteiger partial charge in [0.1, 0.15) is 12.4 Å². The lowest BCUT2D eigenvalue weighted by atomic mass is 9.67. The molecule has 6 atom stereocenters. The second-order valence-electron chi connectivity index (χ2n) is 5.41. The molecule has 0 amide bonds. The van der Waals surface area contributed by atoms with Gasteiger partial charge in [-0.15, -0.1) is 0 Å². The number of hydrogen-bond acceptors (Lipinski definition) is 4. The Hall–Kier alpha value is -0.450. The average Bonchev–Trinajstić information content (AvgIpc) is 2.48. The van der Waals surface area contributed by atoms with E-state index in [1.807, 2.05) is 0 Å². The first kappa shape index (κ1) is 12.0. The molecule has 2 aliphatic rings. The van der Waals surface area contributed by atoms with Gasteiger partial charge in [-0.1, -0.05) is 0 Å². The molecule has 2 unspecified atom stereocenters. The van der Waals surface area contributed by atoms with E-state index in [9.17, 15) is 20.1 Å². The minimum absolute atomic E-state index is 0.0129. The number of rotatable bonds is 3. The van der Waals surface area contributed by atoms with Crippen LogP contribution in [0, 0.1) is 17.8 Å². The summed E-state index contributed by atoms with van der Waals surface area (Å²) in [7, 11) is 0. The summed E-state index contributed by atoms with van der Waals surface area (Å²) in [5.41, 5.74) is -1.19. The fraction of sp³-hybridized carbons (Fsp3) is 0.917. The molecule has 4 nitrogen and oxygen atoms in total. The van der Waals surface area contributed by atoms with Crippen molar-refractivity contribution in [3.8, 4) is 0 Å². The summed E-state index contributed by atoms with van der Waals surface area (Å²) < 4.78 is 0. The van der Waals surface area contributed by atoms with E-state index in [2.05, 4.69) is 0 Å². The van der Waals surface area contributed by atoms with E-state index in [1.165, 1.54) is 6.92 Å². The number of carbonyl (C=O) groups is 1. The number of aliphatic hydroxyl groups is 3. The van der Waals surface area contributed by atoms with E-state index >= 15 is 0 Å². The molecule has 3 N–H and O–H groups in total. The SMILES string of the molecule is C[C@H](O)[C@H](O)C1(O)[C@@H]2CC[C@H]1CC(C=O)C2. The largest absolute Gasteiger partial charge is 0.391 e. The quantitative estimate of drug-likeness (QED) is 0.598. The normalized spacial score (nSPS) is 46.4. The molecular formula is C12H20O4. The molecule has 0 aromatic rings. The molecule has 0 aromatic heterocycles. The highest BCUT2D eigenvalue weighted by Crippen LogP contribution is 2.53. The lowest BCUT2D eigenvalue weighted by molar-refractivity contribution is -0.179. The first-order valence-electron chi connectivity index (χ1n) is 6.04. The topological polar surface area (TPSA) is 77.8 Å². The van der Waals surface area contributed by atoms with Crippen LogP contribution in [0.25, 0.3) is 0 Å². The van der Waals surface area contributed by atoms with Gasteiger partial charge in [-0.25, -0.2) is 0 Å². The molecule has 0 saturated heterocycles. The minimum Gasteiger partial charge on any atom is -0.391 e. The molecule has 16 heavy (non-hydrogen) atoms. The average molecular weight is 228 g/mol. The van der Waals surface area contributed by atoms with Crippen LogP contribution in [0.1, 0.15) is 32.6 Å². The van der Waals surface area contributed by atoms with E-state index in [4.69, 9.17) is 0 Å². The number of aliphatic hydroxyl groups excluding tert-OH is 2. The molecule has 0 spiro atoms. The van der Waals surface area contributed by atoms with Crippen molar-refractivity contribution in [2.45, 2.75) is 50.4 Å². The van der Waals surface area contributed by atoms with Crippen LogP contribution in [0.5, 0.6) is 0 Å². The molecule has 92 valence electrons. The monoisotopic (exact) mass is 228 g/mol. The molecule has 2 bridgehead atoms. The lowest BCUT2D eigenvalue weighted by Crippen LogP contribution is -2.57. The van der Waals surface area contributed by atoms with E-state index in [0.29, 0.717) is 12.8 Å². The first-order valence-corrected chi connectivity index (χ1v) is 6.04. The highest BCUT2D eigenvalue weighted by atomic mass is 16.4. The van der Waals surface area contributed by atoms with Crippen LogP contribution in [0.4, 0.5) is 0 Å². The Bertz CT molecular complexity index is 262. The minimum atomic E-state index is -1.19. The third kappa shape index (κ3) is 1.60. The van der Waals surface area contributed by atoms with Crippen LogP contribution in [-0.4, -0.2) is 39.4 Å². The van der Waals surface area contributed by atoms with Crippen molar-refractivity contribution < 1.29 is 20.1 Å². The molecule has 2 fully saturated rings. The number of aldehydes is 1. The first-order chi connectivity index (χ1) is 7.50. The lowest BCUT2D eigenvalue weighted by Gasteiger charge is -2.45. The standard InChI is InChI=1S/C12H20O4/c1-7(14)11(15)12(16)9-2-3-10(12)5-8(4-9)6-13/h6-11,14-16H,2-5H2,1H3/t7-,8?,9-,10+,11-,12?/m0/s1. The van der Waals surface area contributed by atoms with Gasteiger partial charge in [-0.3, -0.25) is 0 Å². The molecule has 0 heterocycles. The van der Waals surface area contributed by atoms with E-state index in [1.54, 1.807) is 0 Å². The van der Waals surface area contributed by atoms with Gasteiger partial charge >= 0.3 is 0 Å². The van der Waals surface area contributed by atoms with Gasteiger partial charge in [0.05, 0.1) is 11.7 Å². The molecule has 2 saturated carbocycles. The Morgan fingerprint density at radius 2 is 1.75 bits per heavy atom. The Kier molecular flexibility index (Phi) is 3.07. The van der Waals surface area contributed by atoms with Crippen molar-refractivity contribution in [3.63, 3.8) is 0 Å². The van der Waals surface area contributed by atoms with Crippen LogP contribution in [0.15, 0.2) is 0 Å². The maximum Gasteiger partial charge on any atom is 0.123 e. The van der Waals surface area contributed by atoms with E-state index in [-0.39, 0.29) is 17.8 Å². The smallest absolute Gasteiger partial charge is 0.123 e. The Morgan fingerprint density at radius 1 is 1.25 bits per heavy atom. The number of carbonyl (C=O) groups excluding carboxylic acids is 1. The summed E-state index contributed by atoms with van der Waals surface area (Å²) in [6.07, 6.45) is 1.89. The molecular weight excluding hydrogens is 208 g/mol.